The zero-order valence-corrected chi connectivity index (χ0v) is 33.3. The molecule has 14 aromatic rings. The van der Waals surface area contributed by atoms with Crippen LogP contribution in [0, 0.1) is 0 Å². The van der Waals surface area contributed by atoms with Crippen molar-refractivity contribution in [3.8, 4) is 33.6 Å². The van der Waals surface area contributed by atoms with E-state index in [2.05, 4.69) is 215 Å². The highest BCUT2D eigenvalue weighted by Crippen LogP contribution is 2.43. The largest absolute Gasteiger partial charge is 0.456 e. The number of nitrogens with zero attached hydrogens (tertiary/aromatic N) is 2. The molecule has 4 nitrogen and oxygen atoms in total. The van der Waals surface area contributed by atoms with E-state index in [1.807, 2.05) is 0 Å². The summed E-state index contributed by atoms with van der Waals surface area (Å²) in [6, 6.07) is 74.1. The molecule has 0 aliphatic rings. The van der Waals surface area contributed by atoms with Crippen LogP contribution in [0.15, 0.2) is 215 Å². The number of hydrogen-bond acceptors (Lipinski definition) is 2. The Kier molecular flexibility index (Phi) is 6.80. The van der Waals surface area contributed by atoms with Crippen molar-refractivity contribution in [1.82, 2.24) is 9.13 Å². The molecule has 0 amide bonds. The van der Waals surface area contributed by atoms with Crippen LogP contribution in [0.1, 0.15) is 0 Å². The average molecular weight is 791 g/mol. The highest BCUT2D eigenvalue weighted by molar-refractivity contribution is 6.27. The van der Waals surface area contributed by atoms with Crippen LogP contribution in [0.4, 0.5) is 0 Å². The van der Waals surface area contributed by atoms with Gasteiger partial charge in [0.1, 0.15) is 22.3 Å². The predicted octanol–water partition coefficient (Wildman–Crippen LogP) is 16.2. The van der Waals surface area contributed by atoms with Crippen molar-refractivity contribution in [1.29, 1.82) is 0 Å². The average Bonchev–Trinajstić information content (AvgIpc) is 4.09. The summed E-state index contributed by atoms with van der Waals surface area (Å²) in [6.45, 7) is 0. The minimum Gasteiger partial charge on any atom is -0.456 e. The SMILES string of the molecule is c1ccc2c(c1)c1ccccc1n2-c1ccc(-c2ccc3c(c2)oc2ccc4c(ccc5oc6cc(-c7ccc(-n8c9ccccc9c9ccccc98)cc7)ccc6c54)c23)cc1. The summed E-state index contributed by atoms with van der Waals surface area (Å²) in [6.07, 6.45) is 0. The fraction of sp³-hybridized carbons (Fsp3) is 0. The third-order valence-corrected chi connectivity index (χ3v) is 13.1. The molecule has 4 heterocycles. The molecule has 0 fully saturated rings. The fourth-order valence-electron chi connectivity index (χ4n) is 10.3. The molecule has 4 heteroatoms. The Bertz CT molecular complexity index is 3760. The van der Waals surface area contributed by atoms with Crippen LogP contribution in [0.25, 0.3) is 132 Å². The molecule has 0 saturated carbocycles. The van der Waals surface area contributed by atoms with Crippen molar-refractivity contribution in [2.24, 2.45) is 0 Å². The Morgan fingerprint density at radius 2 is 0.565 bits per heavy atom. The lowest BCUT2D eigenvalue weighted by molar-refractivity contribution is 0.668. The quantitative estimate of drug-likeness (QED) is 0.178. The summed E-state index contributed by atoms with van der Waals surface area (Å²) in [4.78, 5) is 0. The van der Waals surface area contributed by atoms with Gasteiger partial charge in [-0.25, -0.2) is 0 Å². The monoisotopic (exact) mass is 790 g/mol. The number of benzene rings is 10. The molecule has 0 aliphatic carbocycles. The maximum absolute atomic E-state index is 6.59. The molecule has 4 aromatic heterocycles. The molecule has 10 aromatic carbocycles. The van der Waals surface area contributed by atoms with E-state index in [1.54, 1.807) is 0 Å². The summed E-state index contributed by atoms with van der Waals surface area (Å²) >= 11 is 0. The Labute approximate surface area is 354 Å². The number of rotatable bonds is 4. The van der Waals surface area contributed by atoms with Gasteiger partial charge in [-0.2, -0.15) is 0 Å². The first-order valence-corrected chi connectivity index (χ1v) is 21.2. The van der Waals surface area contributed by atoms with E-state index < -0.39 is 0 Å². The van der Waals surface area contributed by atoms with Crippen molar-refractivity contribution in [3.63, 3.8) is 0 Å². The van der Waals surface area contributed by atoms with E-state index in [-0.39, 0.29) is 0 Å². The molecule has 0 radical (unpaired) electrons. The Morgan fingerprint density at radius 1 is 0.242 bits per heavy atom. The highest BCUT2D eigenvalue weighted by atomic mass is 16.3. The minimum atomic E-state index is 0.877. The van der Waals surface area contributed by atoms with Crippen molar-refractivity contribution in [2.45, 2.75) is 0 Å². The van der Waals surface area contributed by atoms with Gasteiger partial charge in [0.25, 0.3) is 0 Å². The van der Waals surface area contributed by atoms with Crippen molar-refractivity contribution < 1.29 is 8.83 Å². The van der Waals surface area contributed by atoms with E-state index in [0.717, 1.165) is 88.3 Å². The third-order valence-electron chi connectivity index (χ3n) is 13.1. The van der Waals surface area contributed by atoms with Crippen LogP contribution in [0.5, 0.6) is 0 Å². The molecule has 62 heavy (non-hydrogen) atoms. The van der Waals surface area contributed by atoms with Crippen LogP contribution in [-0.4, -0.2) is 9.13 Å². The first kappa shape index (κ1) is 33.5. The summed E-state index contributed by atoms with van der Waals surface area (Å²) in [5.41, 5.74) is 15.2. The van der Waals surface area contributed by atoms with Gasteiger partial charge in [0.15, 0.2) is 0 Å². The van der Waals surface area contributed by atoms with E-state index in [0.29, 0.717) is 0 Å². The third kappa shape index (κ3) is 4.72. The highest BCUT2D eigenvalue weighted by Gasteiger charge is 2.18. The normalized spacial score (nSPS) is 12.2. The van der Waals surface area contributed by atoms with Gasteiger partial charge in [-0.1, -0.05) is 109 Å². The molecule has 0 aliphatic heterocycles. The zero-order chi connectivity index (χ0) is 40.5. The van der Waals surface area contributed by atoms with Crippen LogP contribution in [0.2, 0.25) is 0 Å². The van der Waals surface area contributed by atoms with E-state index in [4.69, 9.17) is 8.83 Å². The van der Waals surface area contributed by atoms with Crippen molar-refractivity contribution >= 4 is 98.3 Å². The summed E-state index contributed by atoms with van der Waals surface area (Å²) < 4.78 is 17.9. The van der Waals surface area contributed by atoms with Gasteiger partial charge < -0.3 is 18.0 Å². The molecule has 0 saturated heterocycles. The second kappa shape index (κ2) is 12.6. The number of para-hydroxylation sites is 4. The zero-order valence-electron chi connectivity index (χ0n) is 33.3. The molecule has 288 valence electrons. The summed E-state index contributed by atoms with van der Waals surface area (Å²) in [5.74, 6) is 0. The molecule has 0 unspecified atom stereocenters. The first-order valence-electron chi connectivity index (χ1n) is 21.2. The van der Waals surface area contributed by atoms with Crippen molar-refractivity contribution in [3.05, 3.63) is 206 Å². The van der Waals surface area contributed by atoms with E-state index in [9.17, 15) is 0 Å². The van der Waals surface area contributed by atoms with Crippen LogP contribution < -0.4 is 0 Å². The fourth-order valence-corrected chi connectivity index (χ4v) is 10.3. The summed E-state index contributed by atoms with van der Waals surface area (Å²) in [5, 5.41) is 11.8. The molecular weight excluding hydrogens is 757 g/mol. The van der Waals surface area contributed by atoms with E-state index >= 15 is 0 Å². The molecule has 0 N–H and O–H groups in total. The first-order chi connectivity index (χ1) is 30.7. The lowest BCUT2D eigenvalue weighted by Crippen LogP contribution is -1.93. The van der Waals surface area contributed by atoms with Gasteiger partial charge in [0, 0.05) is 54.5 Å². The molecule has 0 spiro atoms. The van der Waals surface area contributed by atoms with Crippen LogP contribution >= 0.6 is 0 Å². The van der Waals surface area contributed by atoms with Gasteiger partial charge in [-0.3, -0.25) is 0 Å². The van der Waals surface area contributed by atoms with Gasteiger partial charge in [0.05, 0.1) is 22.1 Å². The molecule has 14 rings (SSSR count). The summed E-state index contributed by atoms with van der Waals surface area (Å²) in [7, 11) is 0. The lowest BCUT2D eigenvalue weighted by Gasteiger charge is -2.09. The Balaban J connectivity index is 0.819. The number of hydrogen-bond donors (Lipinski definition) is 0. The predicted molar refractivity (Wildman–Crippen MR) is 258 cm³/mol. The second-order valence-corrected chi connectivity index (χ2v) is 16.4. The number of furan rings is 2. The smallest absolute Gasteiger partial charge is 0.136 e. The topological polar surface area (TPSA) is 36.1 Å². The van der Waals surface area contributed by atoms with Gasteiger partial charge >= 0.3 is 0 Å². The molecule has 0 bridgehead atoms. The minimum absolute atomic E-state index is 0.877. The van der Waals surface area contributed by atoms with Crippen LogP contribution in [0.3, 0.4) is 0 Å². The maximum Gasteiger partial charge on any atom is 0.136 e. The lowest BCUT2D eigenvalue weighted by atomic mass is 9.97. The van der Waals surface area contributed by atoms with Gasteiger partial charge in [-0.15, -0.1) is 0 Å². The molecule has 0 atom stereocenters. The second-order valence-electron chi connectivity index (χ2n) is 16.4. The number of aromatic nitrogens is 2. The number of fused-ring (bicyclic) bond motifs is 15. The maximum atomic E-state index is 6.59. The molecular formula is C58H34N2O2. The Morgan fingerprint density at radius 3 is 0.935 bits per heavy atom. The van der Waals surface area contributed by atoms with E-state index in [1.165, 1.54) is 43.6 Å². The Hall–Kier alpha value is -8.34. The van der Waals surface area contributed by atoms with Crippen molar-refractivity contribution in [2.75, 3.05) is 0 Å². The standard InChI is InChI=1S/C58H34N2O2/c1-5-13-49-41(9-1)42-10-2-6-14-50(42)59(49)39-23-17-35(18-24-39)37-21-27-47-55(33-37)61-53-31-29-46-45(57(47)53)30-32-54-58(46)48-28-22-38(34-56(48)62-54)36-19-25-40(26-20-36)60-51-15-7-3-11-43(51)44-12-4-8-16-52(44)60/h1-34H. The van der Waals surface area contributed by atoms with Gasteiger partial charge in [0.2, 0.25) is 0 Å². The van der Waals surface area contributed by atoms with Crippen LogP contribution in [-0.2, 0) is 0 Å². The van der Waals surface area contributed by atoms with Gasteiger partial charge in [-0.05, 0) is 130 Å².